The van der Waals surface area contributed by atoms with Crippen molar-refractivity contribution < 1.29 is 4.79 Å². The minimum absolute atomic E-state index is 0.00568. The average molecular weight is 319 g/mol. The number of rotatable bonds is 3. The van der Waals surface area contributed by atoms with Crippen LogP contribution in [0.15, 0.2) is 30.3 Å². The molecule has 0 saturated carbocycles. The molecule has 2 aliphatic rings. The Labute approximate surface area is 137 Å². The summed E-state index contributed by atoms with van der Waals surface area (Å²) in [5, 5.41) is 3.85. The number of nitrogens with zero attached hydrogens (tertiary/aromatic N) is 1. The van der Waals surface area contributed by atoms with Gasteiger partial charge in [0.1, 0.15) is 0 Å². The number of amides is 1. The minimum Gasteiger partial charge on any atom is -0.350 e. The topological polar surface area (TPSA) is 32.3 Å². The summed E-state index contributed by atoms with van der Waals surface area (Å²) in [5.41, 5.74) is 1.83. The Morgan fingerprint density at radius 3 is 2.95 bits per heavy atom. The van der Waals surface area contributed by atoms with Gasteiger partial charge < -0.3 is 10.2 Å². The van der Waals surface area contributed by atoms with Crippen molar-refractivity contribution in [3.63, 3.8) is 0 Å². The summed E-state index contributed by atoms with van der Waals surface area (Å²) < 4.78 is 0. The van der Waals surface area contributed by atoms with Crippen molar-refractivity contribution in [3.05, 3.63) is 40.9 Å². The maximum Gasteiger partial charge on any atom is 0.244 e. The molecule has 1 amide bonds. The highest BCUT2D eigenvalue weighted by atomic mass is 35.5. The third-order valence-corrected chi connectivity index (χ3v) is 5.14. The van der Waals surface area contributed by atoms with E-state index in [4.69, 9.17) is 11.6 Å². The second-order valence-corrected chi connectivity index (χ2v) is 6.78. The fourth-order valence-corrected chi connectivity index (χ4v) is 3.94. The second kappa shape index (κ2) is 6.84. The number of fused-ring (bicyclic) bond motifs is 1. The van der Waals surface area contributed by atoms with Crippen molar-refractivity contribution >= 4 is 23.1 Å². The van der Waals surface area contributed by atoms with E-state index in [1.165, 1.54) is 19.4 Å². The van der Waals surface area contributed by atoms with Crippen molar-refractivity contribution in [2.45, 2.75) is 44.7 Å². The molecule has 3 rings (SSSR count). The van der Waals surface area contributed by atoms with E-state index in [1.54, 1.807) is 6.08 Å². The molecule has 3 nitrogen and oxygen atoms in total. The van der Waals surface area contributed by atoms with Crippen LogP contribution >= 0.6 is 11.6 Å². The average Bonchev–Trinajstić information content (AvgIpc) is 2.95. The van der Waals surface area contributed by atoms with Crippen molar-refractivity contribution in [1.29, 1.82) is 0 Å². The zero-order valence-corrected chi connectivity index (χ0v) is 13.8. The van der Waals surface area contributed by atoms with E-state index in [-0.39, 0.29) is 5.91 Å². The van der Waals surface area contributed by atoms with Gasteiger partial charge in [-0.05, 0) is 56.4 Å². The van der Waals surface area contributed by atoms with Crippen LogP contribution < -0.4 is 5.32 Å². The molecule has 0 aliphatic carbocycles. The first-order valence-corrected chi connectivity index (χ1v) is 8.49. The van der Waals surface area contributed by atoms with Gasteiger partial charge in [-0.15, -0.1) is 0 Å². The lowest BCUT2D eigenvalue weighted by Gasteiger charge is -2.34. The number of nitrogens with one attached hydrogen (secondary N) is 1. The predicted octanol–water partition coefficient (Wildman–Crippen LogP) is 3.49. The largest absolute Gasteiger partial charge is 0.350 e. The van der Waals surface area contributed by atoms with Crippen LogP contribution in [0.2, 0.25) is 5.02 Å². The molecular weight excluding hydrogens is 296 g/mol. The zero-order valence-electron chi connectivity index (χ0n) is 13.0. The first-order chi connectivity index (χ1) is 10.6. The normalized spacial score (nSPS) is 25.8. The Bertz CT molecular complexity index is 584. The van der Waals surface area contributed by atoms with Crippen LogP contribution in [0.5, 0.6) is 0 Å². The zero-order chi connectivity index (χ0) is 15.5. The monoisotopic (exact) mass is 318 g/mol. The number of carbonyl (C=O) groups is 1. The van der Waals surface area contributed by atoms with Gasteiger partial charge >= 0.3 is 0 Å². The molecule has 2 fully saturated rings. The van der Waals surface area contributed by atoms with Gasteiger partial charge in [0.2, 0.25) is 5.91 Å². The first kappa shape index (κ1) is 15.6. The van der Waals surface area contributed by atoms with Gasteiger partial charge in [-0.25, -0.2) is 0 Å². The van der Waals surface area contributed by atoms with E-state index in [0.29, 0.717) is 17.1 Å². The molecule has 22 heavy (non-hydrogen) atoms. The highest BCUT2D eigenvalue weighted by Crippen LogP contribution is 2.27. The van der Waals surface area contributed by atoms with Crippen LogP contribution in [-0.2, 0) is 4.79 Å². The molecule has 1 N–H and O–H groups in total. The van der Waals surface area contributed by atoms with E-state index >= 15 is 0 Å². The number of piperidine rings is 1. The smallest absolute Gasteiger partial charge is 0.244 e. The quantitative estimate of drug-likeness (QED) is 0.865. The number of allylic oxidation sites excluding steroid dienone is 1. The van der Waals surface area contributed by atoms with E-state index in [2.05, 4.69) is 10.2 Å². The third kappa shape index (κ3) is 3.53. The Morgan fingerprint density at radius 2 is 2.14 bits per heavy atom. The molecule has 2 aliphatic heterocycles. The summed E-state index contributed by atoms with van der Waals surface area (Å²) in [6, 6.07) is 8.61. The summed E-state index contributed by atoms with van der Waals surface area (Å²) >= 11 is 6.18. The first-order valence-electron chi connectivity index (χ1n) is 8.11. The molecule has 0 spiro atoms. The van der Waals surface area contributed by atoms with Gasteiger partial charge in [0.05, 0.1) is 0 Å². The molecule has 118 valence electrons. The summed E-state index contributed by atoms with van der Waals surface area (Å²) in [4.78, 5) is 14.8. The molecule has 4 heteroatoms. The van der Waals surface area contributed by atoms with Crippen LogP contribution in [0.1, 0.15) is 38.2 Å². The van der Waals surface area contributed by atoms with Gasteiger partial charge in [-0.1, -0.05) is 29.8 Å². The summed E-state index contributed by atoms with van der Waals surface area (Å²) in [6.07, 6.45) is 6.39. The Kier molecular flexibility index (Phi) is 4.84. The SMILES string of the molecule is C/C(=C\C(=O)NC1CCN2CCCC2C1)c1ccccc1Cl. The molecule has 0 bridgehead atoms. The highest BCUT2D eigenvalue weighted by Gasteiger charge is 2.31. The lowest BCUT2D eigenvalue weighted by atomic mass is 9.97. The minimum atomic E-state index is -0.00568. The van der Waals surface area contributed by atoms with Crippen LogP contribution in [0.25, 0.3) is 5.57 Å². The Hall–Kier alpha value is -1.32. The van der Waals surface area contributed by atoms with E-state index < -0.39 is 0 Å². The summed E-state index contributed by atoms with van der Waals surface area (Å²) in [6.45, 7) is 4.28. The van der Waals surface area contributed by atoms with Gasteiger partial charge in [0.15, 0.2) is 0 Å². The van der Waals surface area contributed by atoms with E-state index in [1.807, 2.05) is 31.2 Å². The fraction of sp³-hybridized carbons (Fsp3) is 0.500. The lowest BCUT2D eigenvalue weighted by Crippen LogP contribution is -2.47. The second-order valence-electron chi connectivity index (χ2n) is 6.37. The summed E-state index contributed by atoms with van der Waals surface area (Å²) in [5.74, 6) is -0.00568. The molecule has 2 saturated heterocycles. The highest BCUT2D eigenvalue weighted by molar-refractivity contribution is 6.32. The van der Waals surface area contributed by atoms with Gasteiger partial charge in [-0.2, -0.15) is 0 Å². The number of carbonyl (C=O) groups excluding carboxylic acids is 1. The van der Waals surface area contributed by atoms with Gasteiger partial charge in [-0.3, -0.25) is 4.79 Å². The van der Waals surface area contributed by atoms with E-state index in [0.717, 1.165) is 30.5 Å². The Morgan fingerprint density at radius 1 is 1.32 bits per heavy atom. The number of hydrogen-bond acceptors (Lipinski definition) is 2. The molecule has 0 radical (unpaired) electrons. The molecule has 1 aromatic carbocycles. The standard InChI is InChI=1S/C18H23ClN2O/c1-13(16-6-2-3-7-17(16)19)11-18(22)20-14-8-10-21-9-4-5-15(21)12-14/h2-3,6-7,11,14-15H,4-5,8-10,12H2,1H3,(H,20,22)/b13-11+. The predicted molar refractivity (Wildman–Crippen MR) is 90.9 cm³/mol. The third-order valence-electron chi connectivity index (χ3n) is 4.81. The van der Waals surface area contributed by atoms with Crippen LogP contribution in [0, 0.1) is 0 Å². The maximum absolute atomic E-state index is 12.3. The molecule has 2 atom stereocenters. The molecule has 2 heterocycles. The lowest BCUT2D eigenvalue weighted by molar-refractivity contribution is -0.117. The van der Waals surface area contributed by atoms with Crippen molar-refractivity contribution in [1.82, 2.24) is 10.2 Å². The van der Waals surface area contributed by atoms with Crippen LogP contribution in [0.3, 0.4) is 0 Å². The van der Waals surface area contributed by atoms with Crippen molar-refractivity contribution in [3.8, 4) is 0 Å². The molecular formula is C18H23ClN2O. The maximum atomic E-state index is 12.3. The Balaban J connectivity index is 1.60. The van der Waals surface area contributed by atoms with Gasteiger partial charge in [0, 0.05) is 29.7 Å². The van der Waals surface area contributed by atoms with Crippen LogP contribution in [0.4, 0.5) is 0 Å². The fourth-order valence-electron chi connectivity index (χ4n) is 3.65. The molecule has 2 unspecified atom stereocenters. The molecule has 1 aromatic rings. The number of halogens is 1. The van der Waals surface area contributed by atoms with Crippen molar-refractivity contribution in [2.75, 3.05) is 13.1 Å². The number of hydrogen-bond donors (Lipinski definition) is 1. The van der Waals surface area contributed by atoms with Crippen LogP contribution in [-0.4, -0.2) is 36.0 Å². The number of benzene rings is 1. The van der Waals surface area contributed by atoms with Crippen molar-refractivity contribution in [2.24, 2.45) is 0 Å². The molecule has 0 aromatic heterocycles. The van der Waals surface area contributed by atoms with E-state index in [9.17, 15) is 4.79 Å². The summed E-state index contributed by atoms with van der Waals surface area (Å²) in [7, 11) is 0. The van der Waals surface area contributed by atoms with Gasteiger partial charge in [0.25, 0.3) is 0 Å².